The maximum atomic E-state index is 13.9. The molecule has 8 aromatic rings. The normalized spacial score (nSPS) is 13.0. The van der Waals surface area contributed by atoms with Gasteiger partial charge in [-0.25, -0.2) is 9.59 Å². The molecule has 0 N–H and O–H groups in total. The molecule has 13 heteroatoms. The fourth-order valence-electron chi connectivity index (χ4n) is 8.34. The SMILES string of the molecule is COC(=O)c1cc2cc(C3CC(Cc4cc5c(OC)cc(OC)c(OC)c5c(OCc5ccccc5)c4OCc4ccccc4)=NO3)c(OCc3ccccc3)c(OCc3ccccc3)c2c(=O)o1. The second-order valence-corrected chi connectivity index (χ2v) is 16.1. The summed E-state index contributed by atoms with van der Waals surface area (Å²) in [6, 6.07) is 45.9. The molecule has 0 amide bonds. The van der Waals surface area contributed by atoms with E-state index in [0.717, 1.165) is 27.8 Å². The van der Waals surface area contributed by atoms with Crippen LogP contribution in [0.5, 0.6) is 40.2 Å². The number of benzene rings is 7. The molecule has 2 heterocycles. The lowest BCUT2D eigenvalue weighted by molar-refractivity contribution is 0.0560. The lowest BCUT2D eigenvalue weighted by Gasteiger charge is -2.23. The molecule has 350 valence electrons. The van der Waals surface area contributed by atoms with Crippen LogP contribution in [0.4, 0.5) is 0 Å². The van der Waals surface area contributed by atoms with E-state index >= 15 is 0 Å². The summed E-state index contributed by atoms with van der Waals surface area (Å²) in [6.07, 6.45) is -0.183. The Bertz CT molecular complexity index is 3180. The van der Waals surface area contributed by atoms with E-state index in [-0.39, 0.29) is 61.9 Å². The van der Waals surface area contributed by atoms with Gasteiger partial charge in [0.2, 0.25) is 5.76 Å². The van der Waals surface area contributed by atoms with Crippen molar-refractivity contribution in [1.82, 2.24) is 0 Å². The number of hydrogen-bond donors (Lipinski definition) is 0. The van der Waals surface area contributed by atoms with Gasteiger partial charge in [0.1, 0.15) is 37.6 Å². The van der Waals surface area contributed by atoms with E-state index in [1.54, 1.807) is 33.5 Å². The summed E-state index contributed by atoms with van der Waals surface area (Å²) in [5, 5.41) is 6.44. The third-order valence-corrected chi connectivity index (χ3v) is 11.7. The van der Waals surface area contributed by atoms with Gasteiger partial charge in [0.15, 0.2) is 40.6 Å². The van der Waals surface area contributed by atoms with Crippen LogP contribution in [0.3, 0.4) is 0 Å². The molecule has 1 aliphatic heterocycles. The zero-order valence-corrected chi connectivity index (χ0v) is 38.5. The number of rotatable bonds is 19. The van der Waals surface area contributed by atoms with Gasteiger partial charge in [0.05, 0.1) is 39.5 Å². The molecule has 0 saturated heterocycles. The minimum Gasteiger partial charge on any atom is -0.496 e. The molecule has 1 aromatic heterocycles. The molecule has 0 saturated carbocycles. The van der Waals surface area contributed by atoms with Crippen LogP contribution in [0.15, 0.2) is 160 Å². The van der Waals surface area contributed by atoms with Gasteiger partial charge in [-0.3, -0.25) is 0 Å². The van der Waals surface area contributed by atoms with Gasteiger partial charge in [-0.15, -0.1) is 0 Å². The van der Waals surface area contributed by atoms with Crippen LogP contribution in [0.2, 0.25) is 0 Å². The van der Waals surface area contributed by atoms with Crippen LogP contribution < -0.4 is 38.8 Å². The number of carbonyl (C=O) groups is 1. The Morgan fingerprint density at radius 1 is 0.565 bits per heavy atom. The van der Waals surface area contributed by atoms with E-state index < -0.39 is 17.7 Å². The molecular weight excluding hydrogens is 879 g/mol. The quantitative estimate of drug-likeness (QED) is 0.0712. The molecule has 7 aromatic carbocycles. The van der Waals surface area contributed by atoms with E-state index in [2.05, 4.69) is 5.16 Å². The van der Waals surface area contributed by atoms with Crippen molar-refractivity contribution in [2.75, 3.05) is 28.4 Å². The third kappa shape index (κ3) is 9.98. The predicted molar refractivity (Wildman–Crippen MR) is 260 cm³/mol. The molecule has 69 heavy (non-hydrogen) atoms. The maximum absolute atomic E-state index is 13.9. The Labute approximate surface area is 398 Å². The van der Waals surface area contributed by atoms with Crippen molar-refractivity contribution >= 4 is 33.2 Å². The first-order valence-electron chi connectivity index (χ1n) is 22.3. The van der Waals surface area contributed by atoms with E-state index in [9.17, 15) is 9.59 Å². The Hall–Kier alpha value is -8.45. The summed E-state index contributed by atoms with van der Waals surface area (Å²) in [4.78, 5) is 33.0. The number of carbonyl (C=O) groups excluding carboxylic acids is 1. The first-order chi connectivity index (χ1) is 33.8. The Balaban J connectivity index is 1.16. The van der Waals surface area contributed by atoms with Crippen molar-refractivity contribution in [3.8, 4) is 40.2 Å². The van der Waals surface area contributed by atoms with Gasteiger partial charge in [-0.2, -0.15) is 0 Å². The average Bonchev–Trinajstić information content (AvgIpc) is 3.86. The summed E-state index contributed by atoms with van der Waals surface area (Å²) in [5.74, 6) is 1.64. The highest BCUT2D eigenvalue weighted by Crippen LogP contribution is 2.52. The largest absolute Gasteiger partial charge is 0.496 e. The second kappa shape index (κ2) is 21.0. The molecule has 13 nitrogen and oxygen atoms in total. The summed E-state index contributed by atoms with van der Waals surface area (Å²) in [7, 11) is 5.97. The number of methoxy groups -OCH3 is 4. The molecule has 1 aliphatic rings. The average molecular weight is 928 g/mol. The minimum absolute atomic E-state index is 0.0879. The number of esters is 1. The lowest BCUT2D eigenvalue weighted by atomic mass is 9.94. The molecule has 0 aliphatic carbocycles. The van der Waals surface area contributed by atoms with Crippen LogP contribution in [-0.4, -0.2) is 40.1 Å². The Morgan fingerprint density at radius 3 is 1.58 bits per heavy atom. The summed E-state index contributed by atoms with van der Waals surface area (Å²) in [5.41, 5.74) is 4.76. The fourth-order valence-corrected chi connectivity index (χ4v) is 8.34. The molecule has 9 rings (SSSR count). The minimum atomic E-state index is -0.810. The highest BCUT2D eigenvalue weighted by molar-refractivity contribution is 6.03. The van der Waals surface area contributed by atoms with Gasteiger partial charge in [-0.05, 0) is 45.8 Å². The smallest absolute Gasteiger partial charge is 0.374 e. The van der Waals surface area contributed by atoms with Crippen LogP contribution >= 0.6 is 0 Å². The molecule has 0 spiro atoms. The van der Waals surface area contributed by atoms with Crippen molar-refractivity contribution in [3.05, 3.63) is 195 Å². The number of fused-ring (bicyclic) bond motifs is 2. The highest BCUT2D eigenvalue weighted by Gasteiger charge is 2.33. The molecule has 0 bridgehead atoms. The number of oxime groups is 1. The second-order valence-electron chi connectivity index (χ2n) is 16.1. The molecular formula is C56H49NO12. The van der Waals surface area contributed by atoms with Crippen LogP contribution in [-0.2, 0) is 42.4 Å². The van der Waals surface area contributed by atoms with Gasteiger partial charge in [-0.1, -0.05) is 126 Å². The van der Waals surface area contributed by atoms with Crippen molar-refractivity contribution < 1.29 is 51.9 Å². The summed E-state index contributed by atoms with van der Waals surface area (Å²) < 4.78 is 55.1. The zero-order valence-electron chi connectivity index (χ0n) is 38.5. The van der Waals surface area contributed by atoms with Crippen LogP contribution in [0.1, 0.15) is 56.5 Å². The van der Waals surface area contributed by atoms with Gasteiger partial charge < -0.3 is 47.1 Å². The topological polar surface area (TPSA) is 143 Å². The molecule has 0 radical (unpaired) electrons. The Kier molecular flexibility index (Phi) is 13.9. The first-order valence-corrected chi connectivity index (χ1v) is 22.3. The van der Waals surface area contributed by atoms with Gasteiger partial charge in [0.25, 0.3) is 0 Å². The van der Waals surface area contributed by atoms with E-state index in [1.807, 2.05) is 127 Å². The number of nitrogens with zero attached hydrogens (tertiary/aromatic N) is 1. The van der Waals surface area contributed by atoms with Crippen molar-refractivity contribution in [2.45, 2.75) is 45.4 Å². The summed E-state index contributed by atoms with van der Waals surface area (Å²) >= 11 is 0. The molecule has 1 unspecified atom stereocenters. The van der Waals surface area contributed by atoms with E-state index in [0.29, 0.717) is 56.2 Å². The van der Waals surface area contributed by atoms with Crippen LogP contribution in [0, 0.1) is 0 Å². The summed E-state index contributed by atoms with van der Waals surface area (Å²) in [6.45, 7) is 0.667. The van der Waals surface area contributed by atoms with Gasteiger partial charge >= 0.3 is 11.6 Å². The number of ether oxygens (including phenoxy) is 8. The lowest BCUT2D eigenvalue weighted by Crippen LogP contribution is -2.13. The maximum Gasteiger partial charge on any atom is 0.374 e. The van der Waals surface area contributed by atoms with E-state index in [1.165, 1.54) is 13.2 Å². The van der Waals surface area contributed by atoms with Crippen molar-refractivity contribution in [1.29, 1.82) is 0 Å². The third-order valence-electron chi connectivity index (χ3n) is 11.7. The number of hydrogen-bond acceptors (Lipinski definition) is 13. The molecule has 1 atom stereocenters. The monoisotopic (exact) mass is 927 g/mol. The molecule has 0 fully saturated rings. The fraction of sp³-hybridized carbons (Fsp3) is 0.196. The van der Waals surface area contributed by atoms with E-state index in [4.69, 9.17) is 47.1 Å². The van der Waals surface area contributed by atoms with Gasteiger partial charge in [0, 0.05) is 35.4 Å². The first kappa shape index (κ1) is 45.7. The predicted octanol–water partition coefficient (Wildman–Crippen LogP) is 11.1. The zero-order chi connectivity index (χ0) is 47.7. The van der Waals surface area contributed by atoms with Crippen molar-refractivity contribution in [3.63, 3.8) is 0 Å². The van der Waals surface area contributed by atoms with Crippen LogP contribution in [0.25, 0.3) is 21.5 Å². The van der Waals surface area contributed by atoms with Crippen molar-refractivity contribution in [2.24, 2.45) is 5.16 Å². The Morgan fingerprint density at radius 2 is 1.07 bits per heavy atom. The highest BCUT2D eigenvalue weighted by atomic mass is 16.6. The standard InChI is InChI=1S/C56H49NO12/c1-60-44-30-46(61-2)52(62-3)49-42(44)27-40(50(64-31-35-17-9-5-10-18-35)54(49)67-34-38-23-15-8-16-24-38)25-41-29-45(69-57-41)43-26-39-28-47(55(58)63-4)68-56(59)48(39)53(66-33-37-21-13-7-14-22-37)51(43)65-32-36-19-11-6-12-20-36/h5-24,26-28,30,45H,25,29,31-34H2,1-4H3.